The topological polar surface area (TPSA) is 24.9 Å². The van der Waals surface area contributed by atoms with E-state index < -0.39 is 0 Å². The molecule has 1 rings (SSSR count). The molecule has 0 radical (unpaired) electrons. The van der Waals surface area contributed by atoms with E-state index in [1.807, 2.05) is 19.9 Å². The highest BCUT2D eigenvalue weighted by molar-refractivity contribution is 7.10. The van der Waals surface area contributed by atoms with Gasteiger partial charge in [-0.15, -0.1) is 0 Å². The van der Waals surface area contributed by atoms with E-state index >= 15 is 0 Å². The number of nitrogens with one attached hydrogen (secondary N) is 1. The zero-order valence-corrected chi connectivity index (χ0v) is 6.96. The molecular weight excluding hydrogens is 144 g/mol. The van der Waals surface area contributed by atoms with Crippen LogP contribution in [0.25, 0.3) is 0 Å². The van der Waals surface area contributed by atoms with Gasteiger partial charge in [-0.2, -0.15) is 4.37 Å². The lowest BCUT2D eigenvalue weighted by Gasteiger charge is -1.97. The standard InChI is InChI=1S/C7H10N2S/c1-5(2)8-7-4-6(3)9-10-7/h4,8H,1H2,2-3H3. The Balaban J connectivity index is 2.67. The summed E-state index contributed by atoms with van der Waals surface area (Å²) in [5.74, 6) is 0. The van der Waals surface area contributed by atoms with Crippen molar-refractivity contribution in [1.29, 1.82) is 0 Å². The molecule has 0 saturated heterocycles. The minimum Gasteiger partial charge on any atom is -0.350 e. The van der Waals surface area contributed by atoms with Crippen molar-refractivity contribution < 1.29 is 0 Å². The summed E-state index contributed by atoms with van der Waals surface area (Å²) in [6.07, 6.45) is 0. The molecule has 0 bridgehead atoms. The molecule has 1 aromatic rings. The normalized spacial score (nSPS) is 9.40. The zero-order chi connectivity index (χ0) is 7.56. The molecule has 0 atom stereocenters. The van der Waals surface area contributed by atoms with Crippen LogP contribution in [-0.2, 0) is 0 Å². The monoisotopic (exact) mass is 154 g/mol. The van der Waals surface area contributed by atoms with Crippen LogP contribution in [0.2, 0.25) is 0 Å². The van der Waals surface area contributed by atoms with E-state index in [-0.39, 0.29) is 0 Å². The molecule has 0 aliphatic carbocycles. The van der Waals surface area contributed by atoms with Crippen molar-refractivity contribution in [2.75, 3.05) is 5.32 Å². The van der Waals surface area contributed by atoms with Gasteiger partial charge in [-0.25, -0.2) is 0 Å². The first kappa shape index (κ1) is 7.28. The van der Waals surface area contributed by atoms with E-state index in [1.54, 1.807) is 0 Å². The van der Waals surface area contributed by atoms with Crippen molar-refractivity contribution in [3.8, 4) is 0 Å². The lowest BCUT2D eigenvalue weighted by Crippen LogP contribution is -1.89. The number of hydrogen-bond donors (Lipinski definition) is 1. The highest BCUT2D eigenvalue weighted by Crippen LogP contribution is 2.16. The Labute approximate surface area is 64.8 Å². The molecule has 0 aromatic carbocycles. The minimum atomic E-state index is 0.948. The van der Waals surface area contributed by atoms with Gasteiger partial charge in [-0.3, -0.25) is 0 Å². The molecule has 0 fully saturated rings. The summed E-state index contributed by atoms with van der Waals surface area (Å²) in [5, 5.41) is 4.15. The molecule has 3 heteroatoms. The molecule has 0 aliphatic rings. The second kappa shape index (κ2) is 2.84. The molecule has 1 aromatic heterocycles. The van der Waals surface area contributed by atoms with Gasteiger partial charge in [0.15, 0.2) is 0 Å². The number of anilines is 1. The quantitative estimate of drug-likeness (QED) is 0.707. The van der Waals surface area contributed by atoms with Crippen LogP contribution >= 0.6 is 11.5 Å². The molecule has 1 heterocycles. The van der Waals surface area contributed by atoms with Gasteiger partial charge in [0.2, 0.25) is 0 Å². The summed E-state index contributed by atoms with van der Waals surface area (Å²) in [6, 6.07) is 2.00. The van der Waals surface area contributed by atoms with Gasteiger partial charge in [0.25, 0.3) is 0 Å². The van der Waals surface area contributed by atoms with Crippen LogP contribution in [0.4, 0.5) is 5.00 Å². The largest absolute Gasteiger partial charge is 0.350 e. The van der Waals surface area contributed by atoms with Crippen molar-refractivity contribution in [3.63, 3.8) is 0 Å². The Hall–Kier alpha value is -0.830. The SMILES string of the molecule is C=C(C)Nc1cc(C)ns1. The second-order valence-corrected chi connectivity index (χ2v) is 3.04. The van der Waals surface area contributed by atoms with E-state index in [0.29, 0.717) is 0 Å². The predicted molar refractivity (Wildman–Crippen MR) is 45.3 cm³/mol. The average molecular weight is 154 g/mol. The Morgan fingerprint density at radius 2 is 2.50 bits per heavy atom. The van der Waals surface area contributed by atoms with Crippen molar-refractivity contribution in [1.82, 2.24) is 4.37 Å². The van der Waals surface area contributed by atoms with Crippen LogP contribution < -0.4 is 5.32 Å². The van der Waals surface area contributed by atoms with Crippen LogP contribution in [0, 0.1) is 6.92 Å². The van der Waals surface area contributed by atoms with Crippen LogP contribution in [0.15, 0.2) is 18.3 Å². The van der Waals surface area contributed by atoms with Crippen molar-refractivity contribution in [2.45, 2.75) is 13.8 Å². The summed E-state index contributed by atoms with van der Waals surface area (Å²) in [4.78, 5) is 0. The fraction of sp³-hybridized carbons (Fsp3) is 0.286. The van der Waals surface area contributed by atoms with Crippen LogP contribution in [0.1, 0.15) is 12.6 Å². The number of rotatable bonds is 2. The molecule has 0 amide bonds. The first-order valence-corrected chi connectivity index (χ1v) is 3.81. The summed E-state index contributed by atoms with van der Waals surface area (Å²) >= 11 is 1.46. The van der Waals surface area contributed by atoms with Crippen LogP contribution in [0.5, 0.6) is 0 Å². The molecule has 54 valence electrons. The number of nitrogens with zero attached hydrogens (tertiary/aromatic N) is 1. The summed E-state index contributed by atoms with van der Waals surface area (Å²) in [6.45, 7) is 7.63. The van der Waals surface area contributed by atoms with Gasteiger partial charge in [0.05, 0.1) is 5.69 Å². The Kier molecular flexibility index (Phi) is 2.06. The zero-order valence-electron chi connectivity index (χ0n) is 6.14. The van der Waals surface area contributed by atoms with Crippen molar-refractivity contribution in [2.24, 2.45) is 0 Å². The van der Waals surface area contributed by atoms with E-state index in [2.05, 4.69) is 16.3 Å². The van der Waals surface area contributed by atoms with Crippen molar-refractivity contribution >= 4 is 16.5 Å². The van der Waals surface area contributed by atoms with Gasteiger partial charge in [-0.1, -0.05) is 6.58 Å². The fourth-order valence-corrected chi connectivity index (χ4v) is 1.37. The second-order valence-electron chi connectivity index (χ2n) is 2.24. The van der Waals surface area contributed by atoms with Gasteiger partial charge < -0.3 is 5.32 Å². The highest BCUT2D eigenvalue weighted by Gasteiger charge is 1.94. The Bertz CT molecular complexity index is 240. The lowest BCUT2D eigenvalue weighted by atomic mass is 10.5. The first-order chi connectivity index (χ1) is 4.68. The van der Waals surface area contributed by atoms with Crippen LogP contribution in [-0.4, -0.2) is 4.37 Å². The number of aromatic nitrogens is 1. The summed E-state index contributed by atoms with van der Waals surface area (Å²) in [7, 11) is 0. The Morgan fingerprint density at radius 3 is 2.90 bits per heavy atom. The average Bonchev–Trinajstić information content (AvgIpc) is 2.13. The molecule has 0 aliphatic heterocycles. The molecule has 10 heavy (non-hydrogen) atoms. The van der Waals surface area contributed by atoms with Crippen LogP contribution in [0.3, 0.4) is 0 Å². The molecule has 1 N–H and O–H groups in total. The van der Waals surface area contributed by atoms with Gasteiger partial charge in [0, 0.05) is 5.70 Å². The summed E-state index contributed by atoms with van der Waals surface area (Å²) < 4.78 is 4.11. The maximum atomic E-state index is 4.11. The van der Waals surface area contributed by atoms with Gasteiger partial charge in [-0.05, 0) is 31.4 Å². The molecule has 2 nitrogen and oxygen atoms in total. The number of allylic oxidation sites excluding steroid dienone is 1. The third-order valence-electron chi connectivity index (χ3n) is 0.965. The predicted octanol–water partition coefficient (Wildman–Crippen LogP) is 2.40. The molecule has 0 spiro atoms. The van der Waals surface area contributed by atoms with Crippen molar-refractivity contribution in [3.05, 3.63) is 24.0 Å². The first-order valence-electron chi connectivity index (χ1n) is 3.04. The highest BCUT2D eigenvalue weighted by atomic mass is 32.1. The molecule has 0 unspecified atom stereocenters. The van der Waals surface area contributed by atoms with E-state index in [0.717, 1.165) is 16.4 Å². The fourth-order valence-electron chi connectivity index (χ4n) is 0.633. The third-order valence-corrected chi connectivity index (χ3v) is 1.76. The number of hydrogen-bond acceptors (Lipinski definition) is 3. The minimum absolute atomic E-state index is 0.948. The van der Waals surface area contributed by atoms with Gasteiger partial charge >= 0.3 is 0 Å². The molecule has 0 saturated carbocycles. The van der Waals surface area contributed by atoms with E-state index in [4.69, 9.17) is 0 Å². The summed E-state index contributed by atoms with van der Waals surface area (Å²) in [5.41, 5.74) is 2.00. The van der Waals surface area contributed by atoms with E-state index in [1.165, 1.54) is 11.5 Å². The Morgan fingerprint density at radius 1 is 1.80 bits per heavy atom. The van der Waals surface area contributed by atoms with Gasteiger partial charge in [0.1, 0.15) is 5.00 Å². The number of aryl methyl sites for hydroxylation is 1. The maximum Gasteiger partial charge on any atom is 0.113 e. The van der Waals surface area contributed by atoms with E-state index in [9.17, 15) is 0 Å². The smallest absolute Gasteiger partial charge is 0.113 e. The lowest BCUT2D eigenvalue weighted by molar-refractivity contribution is 1.34. The third kappa shape index (κ3) is 1.84. The maximum absolute atomic E-state index is 4.11. The molecular formula is C7H10N2S.